The van der Waals surface area contributed by atoms with Crippen molar-refractivity contribution < 1.29 is 4.74 Å². The van der Waals surface area contributed by atoms with Crippen molar-refractivity contribution in [1.29, 1.82) is 0 Å². The van der Waals surface area contributed by atoms with Gasteiger partial charge in [0.2, 0.25) is 0 Å². The molecule has 0 aromatic heterocycles. The minimum atomic E-state index is 0.555. The van der Waals surface area contributed by atoms with Crippen molar-refractivity contribution >= 4 is 15.9 Å². The maximum atomic E-state index is 5.57. The van der Waals surface area contributed by atoms with Crippen LogP contribution in [0.1, 0.15) is 36.5 Å². The predicted molar refractivity (Wildman–Crippen MR) is 69.3 cm³/mol. The smallest absolute Gasteiger partial charge is 0.122 e. The highest BCUT2D eigenvalue weighted by molar-refractivity contribution is 9.09. The topological polar surface area (TPSA) is 9.23 Å². The van der Waals surface area contributed by atoms with Crippen molar-refractivity contribution in [3.8, 4) is 5.75 Å². The molecule has 1 unspecified atom stereocenters. The number of aryl methyl sites for hydroxylation is 2. The Morgan fingerprint density at radius 1 is 1.27 bits per heavy atom. The molecule has 1 nitrogen and oxygen atoms in total. The Bertz CT molecular complexity index is 334. The van der Waals surface area contributed by atoms with Crippen LogP contribution in [-0.2, 0) is 0 Å². The lowest BCUT2D eigenvalue weighted by Crippen LogP contribution is -2.01. The summed E-state index contributed by atoms with van der Waals surface area (Å²) in [5.74, 6) is 1.57. The minimum Gasteiger partial charge on any atom is -0.494 e. The van der Waals surface area contributed by atoms with Crippen LogP contribution in [0.2, 0.25) is 0 Å². The monoisotopic (exact) mass is 270 g/mol. The van der Waals surface area contributed by atoms with Gasteiger partial charge in [0.15, 0.2) is 0 Å². The quantitative estimate of drug-likeness (QED) is 0.746. The first kappa shape index (κ1) is 12.6. The van der Waals surface area contributed by atoms with Gasteiger partial charge in [-0.05, 0) is 49.4 Å². The van der Waals surface area contributed by atoms with Crippen LogP contribution in [0, 0.1) is 13.8 Å². The van der Waals surface area contributed by atoms with E-state index in [1.54, 1.807) is 0 Å². The maximum Gasteiger partial charge on any atom is 0.122 e. The molecule has 0 radical (unpaired) electrons. The molecule has 15 heavy (non-hydrogen) atoms. The molecule has 0 amide bonds. The lowest BCUT2D eigenvalue weighted by atomic mass is 9.95. The van der Waals surface area contributed by atoms with Gasteiger partial charge in [-0.25, -0.2) is 0 Å². The number of ether oxygens (including phenoxy) is 1. The van der Waals surface area contributed by atoms with E-state index < -0.39 is 0 Å². The molecule has 0 aliphatic heterocycles. The third kappa shape index (κ3) is 2.97. The fourth-order valence-corrected chi connectivity index (χ4v) is 2.09. The molecule has 0 saturated carbocycles. The van der Waals surface area contributed by atoms with E-state index in [2.05, 4.69) is 48.8 Å². The average molecular weight is 271 g/mol. The van der Waals surface area contributed by atoms with Crippen molar-refractivity contribution in [2.24, 2.45) is 0 Å². The molecule has 0 fully saturated rings. The van der Waals surface area contributed by atoms with E-state index in [9.17, 15) is 0 Å². The van der Waals surface area contributed by atoms with Gasteiger partial charge >= 0.3 is 0 Å². The van der Waals surface area contributed by atoms with Crippen LogP contribution in [0.25, 0.3) is 0 Å². The summed E-state index contributed by atoms with van der Waals surface area (Å²) in [4.78, 5) is 0. The predicted octanol–water partition coefficient (Wildman–Crippen LogP) is 4.20. The van der Waals surface area contributed by atoms with E-state index in [4.69, 9.17) is 4.74 Å². The molecule has 1 aromatic carbocycles. The molecule has 1 rings (SSSR count). The van der Waals surface area contributed by atoms with Gasteiger partial charge < -0.3 is 4.74 Å². The molecule has 0 aliphatic carbocycles. The second-order valence-corrected chi connectivity index (χ2v) is 4.61. The first-order chi connectivity index (χ1) is 7.10. The second kappa shape index (κ2) is 5.55. The fraction of sp³-hybridized carbons (Fsp3) is 0.538. The van der Waals surface area contributed by atoms with Crippen LogP contribution in [0.5, 0.6) is 5.75 Å². The Balaban J connectivity index is 3.07. The van der Waals surface area contributed by atoms with Crippen LogP contribution in [-0.4, -0.2) is 11.9 Å². The zero-order valence-electron chi connectivity index (χ0n) is 9.93. The molecule has 1 aromatic rings. The molecular formula is C13H19BrO. The second-order valence-electron chi connectivity index (χ2n) is 3.96. The van der Waals surface area contributed by atoms with Crippen molar-refractivity contribution in [3.05, 3.63) is 28.8 Å². The molecule has 0 aliphatic rings. The van der Waals surface area contributed by atoms with Crippen molar-refractivity contribution in [1.82, 2.24) is 0 Å². The van der Waals surface area contributed by atoms with E-state index >= 15 is 0 Å². The maximum absolute atomic E-state index is 5.57. The lowest BCUT2D eigenvalue weighted by Gasteiger charge is -2.16. The number of benzene rings is 1. The van der Waals surface area contributed by atoms with Gasteiger partial charge in [0.05, 0.1) is 6.61 Å². The molecular weight excluding hydrogens is 252 g/mol. The summed E-state index contributed by atoms with van der Waals surface area (Å²) in [6, 6.07) is 4.39. The van der Waals surface area contributed by atoms with Gasteiger partial charge in [-0.1, -0.05) is 28.9 Å². The minimum absolute atomic E-state index is 0.555. The SMILES string of the molecule is CCOc1cc(C)c(C(C)CBr)cc1C. The van der Waals surface area contributed by atoms with Crippen molar-refractivity contribution in [2.45, 2.75) is 33.6 Å². The van der Waals surface area contributed by atoms with E-state index in [0.29, 0.717) is 5.92 Å². The summed E-state index contributed by atoms with van der Waals surface area (Å²) < 4.78 is 5.57. The fourth-order valence-electron chi connectivity index (χ4n) is 1.74. The Morgan fingerprint density at radius 2 is 1.93 bits per heavy atom. The zero-order valence-corrected chi connectivity index (χ0v) is 11.5. The Kier molecular flexibility index (Phi) is 4.65. The number of rotatable bonds is 4. The molecule has 0 saturated heterocycles. The van der Waals surface area contributed by atoms with Crippen molar-refractivity contribution in [2.75, 3.05) is 11.9 Å². The molecule has 0 spiro atoms. The third-order valence-corrected chi connectivity index (χ3v) is 3.60. The van der Waals surface area contributed by atoms with Gasteiger partial charge in [0, 0.05) is 5.33 Å². The van der Waals surface area contributed by atoms with Crippen LogP contribution in [0.4, 0.5) is 0 Å². The molecule has 2 heteroatoms. The number of halogens is 1. The average Bonchev–Trinajstić information content (AvgIpc) is 2.22. The summed E-state index contributed by atoms with van der Waals surface area (Å²) in [7, 11) is 0. The Hall–Kier alpha value is -0.500. The standard InChI is InChI=1S/C13H19BrO/c1-5-15-13-7-9(2)12(6-10(13)3)11(4)8-14/h6-7,11H,5,8H2,1-4H3. The molecule has 1 atom stereocenters. The zero-order chi connectivity index (χ0) is 11.4. The molecule has 0 heterocycles. The van der Waals surface area contributed by atoms with Gasteiger partial charge in [-0.2, -0.15) is 0 Å². The third-order valence-electron chi connectivity index (χ3n) is 2.63. The molecule has 0 N–H and O–H groups in total. The van der Waals surface area contributed by atoms with E-state index in [0.717, 1.165) is 17.7 Å². The summed E-state index contributed by atoms with van der Waals surface area (Å²) >= 11 is 3.53. The van der Waals surface area contributed by atoms with Crippen LogP contribution < -0.4 is 4.74 Å². The summed E-state index contributed by atoms with van der Waals surface area (Å²) in [5.41, 5.74) is 3.95. The van der Waals surface area contributed by atoms with E-state index in [1.807, 2.05) is 6.92 Å². The Morgan fingerprint density at radius 3 is 2.47 bits per heavy atom. The summed E-state index contributed by atoms with van der Waals surface area (Å²) in [6.07, 6.45) is 0. The van der Waals surface area contributed by atoms with Gasteiger partial charge in [-0.15, -0.1) is 0 Å². The number of hydrogen-bond acceptors (Lipinski definition) is 1. The van der Waals surface area contributed by atoms with Gasteiger partial charge in [0.1, 0.15) is 5.75 Å². The van der Waals surface area contributed by atoms with Gasteiger partial charge in [0.25, 0.3) is 0 Å². The Labute approximate surface area is 101 Å². The van der Waals surface area contributed by atoms with E-state index in [-0.39, 0.29) is 0 Å². The highest BCUT2D eigenvalue weighted by Crippen LogP contribution is 2.28. The summed E-state index contributed by atoms with van der Waals surface area (Å²) in [5, 5.41) is 1.00. The van der Waals surface area contributed by atoms with E-state index in [1.165, 1.54) is 16.7 Å². The lowest BCUT2D eigenvalue weighted by molar-refractivity contribution is 0.337. The first-order valence-electron chi connectivity index (χ1n) is 5.40. The highest BCUT2D eigenvalue weighted by atomic mass is 79.9. The molecule has 84 valence electrons. The molecule has 0 bridgehead atoms. The number of hydrogen-bond donors (Lipinski definition) is 0. The van der Waals surface area contributed by atoms with Crippen LogP contribution in [0.3, 0.4) is 0 Å². The van der Waals surface area contributed by atoms with Crippen LogP contribution >= 0.6 is 15.9 Å². The largest absolute Gasteiger partial charge is 0.494 e. The van der Waals surface area contributed by atoms with Crippen LogP contribution in [0.15, 0.2) is 12.1 Å². The number of alkyl halides is 1. The van der Waals surface area contributed by atoms with Crippen molar-refractivity contribution in [3.63, 3.8) is 0 Å². The first-order valence-corrected chi connectivity index (χ1v) is 6.52. The summed E-state index contributed by atoms with van der Waals surface area (Å²) in [6.45, 7) is 9.24. The normalized spacial score (nSPS) is 12.6. The van der Waals surface area contributed by atoms with Gasteiger partial charge in [-0.3, -0.25) is 0 Å². The highest BCUT2D eigenvalue weighted by Gasteiger charge is 2.10.